The molecule has 2 aromatic rings. The van der Waals surface area contributed by atoms with Crippen molar-refractivity contribution in [1.82, 2.24) is 0 Å². The number of anilines is 1. The first kappa shape index (κ1) is 19.4. The maximum atomic E-state index is 12.1. The zero-order chi connectivity index (χ0) is 18.6. The number of amides is 1. The van der Waals surface area contributed by atoms with E-state index in [0.717, 1.165) is 5.56 Å². The predicted molar refractivity (Wildman–Crippen MR) is 102 cm³/mol. The molecule has 0 radical (unpaired) electrons. The van der Waals surface area contributed by atoms with Crippen molar-refractivity contribution in [3.05, 3.63) is 52.0 Å². The Morgan fingerprint density at radius 2 is 1.68 bits per heavy atom. The fraction of sp³-hybridized carbons (Fsp3) is 0.316. The molecule has 4 nitrogen and oxygen atoms in total. The Balaban J connectivity index is 2.04. The molecule has 0 fully saturated rings. The van der Waals surface area contributed by atoms with Crippen molar-refractivity contribution < 1.29 is 14.3 Å². The Morgan fingerprint density at radius 3 is 2.24 bits per heavy atom. The number of carbonyl (C=O) groups excluding carboxylic acids is 1. The van der Waals surface area contributed by atoms with Gasteiger partial charge < -0.3 is 14.8 Å². The zero-order valence-electron chi connectivity index (χ0n) is 14.7. The van der Waals surface area contributed by atoms with Gasteiger partial charge in [-0.1, -0.05) is 50.0 Å². The topological polar surface area (TPSA) is 47.6 Å². The van der Waals surface area contributed by atoms with Crippen LogP contribution < -0.4 is 14.8 Å². The molecule has 1 N–H and O–H groups in total. The molecule has 134 valence electrons. The molecule has 0 aliphatic rings. The van der Waals surface area contributed by atoms with Gasteiger partial charge in [0, 0.05) is 15.7 Å². The van der Waals surface area contributed by atoms with E-state index in [1.165, 1.54) is 0 Å². The molecule has 2 rings (SSSR count). The van der Waals surface area contributed by atoms with Crippen LogP contribution in [-0.2, 0) is 10.2 Å². The molecule has 0 atom stereocenters. The third kappa shape index (κ3) is 5.55. The SMILES string of the molecule is COc1cc(C(C)(C)C)ccc1OCC(=O)Nc1cc(Cl)cc(Cl)c1. The first-order valence-corrected chi connectivity index (χ1v) is 8.52. The number of benzene rings is 2. The number of methoxy groups -OCH3 is 1. The molecular weight excluding hydrogens is 361 g/mol. The molecule has 0 heterocycles. The van der Waals surface area contributed by atoms with E-state index in [0.29, 0.717) is 27.2 Å². The summed E-state index contributed by atoms with van der Waals surface area (Å²) in [6.07, 6.45) is 0. The summed E-state index contributed by atoms with van der Waals surface area (Å²) in [4.78, 5) is 12.1. The molecule has 6 heteroatoms. The fourth-order valence-electron chi connectivity index (χ4n) is 2.22. The van der Waals surface area contributed by atoms with E-state index in [1.54, 1.807) is 25.3 Å². The summed E-state index contributed by atoms with van der Waals surface area (Å²) >= 11 is 11.8. The van der Waals surface area contributed by atoms with Gasteiger partial charge in [-0.05, 0) is 41.3 Å². The summed E-state index contributed by atoms with van der Waals surface area (Å²) in [5.74, 6) is 0.779. The van der Waals surface area contributed by atoms with Gasteiger partial charge in [0.2, 0.25) is 0 Å². The molecule has 0 saturated heterocycles. The minimum absolute atomic E-state index is 0.00493. The number of carbonyl (C=O) groups is 1. The number of hydrogen-bond donors (Lipinski definition) is 1. The van der Waals surface area contributed by atoms with Gasteiger partial charge in [0.25, 0.3) is 5.91 Å². The molecule has 0 aromatic heterocycles. The summed E-state index contributed by atoms with van der Waals surface area (Å²) in [6, 6.07) is 10.5. The number of hydrogen-bond acceptors (Lipinski definition) is 3. The van der Waals surface area contributed by atoms with Gasteiger partial charge in [-0.3, -0.25) is 4.79 Å². The second kappa shape index (κ2) is 7.98. The Hall–Kier alpha value is -1.91. The van der Waals surface area contributed by atoms with Crippen LogP contribution in [0.5, 0.6) is 11.5 Å². The number of nitrogens with one attached hydrogen (secondary N) is 1. The van der Waals surface area contributed by atoms with Crippen molar-refractivity contribution >= 4 is 34.8 Å². The molecule has 0 saturated carbocycles. The van der Waals surface area contributed by atoms with Gasteiger partial charge in [0.1, 0.15) is 0 Å². The van der Waals surface area contributed by atoms with Crippen LogP contribution in [0.2, 0.25) is 10.0 Å². The Kier molecular flexibility index (Phi) is 6.20. The van der Waals surface area contributed by atoms with E-state index in [1.807, 2.05) is 18.2 Å². The van der Waals surface area contributed by atoms with E-state index in [4.69, 9.17) is 32.7 Å². The Bertz CT molecular complexity index is 749. The average Bonchev–Trinajstić information content (AvgIpc) is 2.50. The molecule has 0 aliphatic heterocycles. The quantitative estimate of drug-likeness (QED) is 0.762. The molecule has 0 spiro atoms. The van der Waals surface area contributed by atoms with Gasteiger partial charge in [-0.25, -0.2) is 0 Å². The van der Waals surface area contributed by atoms with Crippen LogP contribution in [0.4, 0.5) is 5.69 Å². The number of rotatable bonds is 5. The van der Waals surface area contributed by atoms with Crippen molar-refractivity contribution in [1.29, 1.82) is 0 Å². The van der Waals surface area contributed by atoms with Crippen molar-refractivity contribution in [2.75, 3.05) is 19.0 Å². The first-order chi connectivity index (χ1) is 11.7. The average molecular weight is 382 g/mol. The van der Waals surface area contributed by atoms with E-state index < -0.39 is 0 Å². The lowest BCUT2D eigenvalue weighted by Crippen LogP contribution is -2.20. The summed E-state index contributed by atoms with van der Waals surface area (Å²) in [5, 5.41) is 3.59. The van der Waals surface area contributed by atoms with Gasteiger partial charge in [0.15, 0.2) is 18.1 Å². The second-order valence-electron chi connectivity index (χ2n) is 6.61. The zero-order valence-corrected chi connectivity index (χ0v) is 16.2. The summed E-state index contributed by atoms with van der Waals surface area (Å²) in [6.45, 7) is 6.19. The maximum absolute atomic E-state index is 12.1. The number of ether oxygens (including phenoxy) is 2. The van der Waals surface area contributed by atoms with E-state index >= 15 is 0 Å². The summed E-state index contributed by atoms with van der Waals surface area (Å²) in [7, 11) is 1.57. The Labute approximate surface area is 158 Å². The van der Waals surface area contributed by atoms with Crippen LogP contribution in [0.1, 0.15) is 26.3 Å². The molecule has 1 amide bonds. The molecule has 0 unspecified atom stereocenters. The summed E-state index contributed by atoms with van der Waals surface area (Å²) < 4.78 is 11.0. The molecule has 2 aromatic carbocycles. The van der Waals surface area contributed by atoms with Crippen LogP contribution in [-0.4, -0.2) is 19.6 Å². The highest BCUT2D eigenvalue weighted by atomic mass is 35.5. The largest absolute Gasteiger partial charge is 0.493 e. The van der Waals surface area contributed by atoms with Crippen molar-refractivity contribution in [3.63, 3.8) is 0 Å². The normalized spacial score (nSPS) is 11.1. The first-order valence-electron chi connectivity index (χ1n) is 7.76. The van der Waals surface area contributed by atoms with Gasteiger partial charge >= 0.3 is 0 Å². The van der Waals surface area contributed by atoms with Crippen LogP contribution in [0, 0.1) is 0 Å². The highest BCUT2D eigenvalue weighted by Crippen LogP contribution is 2.33. The van der Waals surface area contributed by atoms with Crippen molar-refractivity contribution in [3.8, 4) is 11.5 Å². The monoisotopic (exact) mass is 381 g/mol. The maximum Gasteiger partial charge on any atom is 0.262 e. The standard InChI is InChI=1S/C19H21Cl2NO3/c1-19(2,3)12-5-6-16(17(7-12)24-4)25-11-18(23)22-15-9-13(20)8-14(21)10-15/h5-10H,11H2,1-4H3,(H,22,23). The van der Waals surface area contributed by atoms with Gasteiger partial charge in [-0.2, -0.15) is 0 Å². The number of halogens is 2. The minimum Gasteiger partial charge on any atom is -0.493 e. The van der Waals surface area contributed by atoms with Gasteiger partial charge in [0.05, 0.1) is 7.11 Å². The summed E-state index contributed by atoms with van der Waals surface area (Å²) in [5.41, 5.74) is 1.63. The molecule has 0 bridgehead atoms. The minimum atomic E-state index is -0.319. The second-order valence-corrected chi connectivity index (χ2v) is 7.48. The molecule has 25 heavy (non-hydrogen) atoms. The third-order valence-corrected chi connectivity index (χ3v) is 3.97. The van der Waals surface area contributed by atoms with E-state index in [-0.39, 0.29) is 17.9 Å². The third-order valence-electron chi connectivity index (χ3n) is 3.53. The van der Waals surface area contributed by atoms with Crippen LogP contribution in [0.15, 0.2) is 36.4 Å². The molecule has 0 aliphatic carbocycles. The molecular formula is C19H21Cl2NO3. The smallest absolute Gasteiger partial charge is 0.262 e. The van der Waals surface area contributed by atoms with E-state index in [2.05, 4.69) is 26.1 Å². The van der Waals surface area contributed by atoms with Crippen LogP contribution >= 0.6 is 23.2 Å². The van der Waals surface area contributed by atoms with Crippen molar-refractivity contribution in [2.45, 2.75) is 26.2 Å². The predicted octanol–water partition coefficient (Wildman–Crippen LogP) is 5.32. The highest BCUT2D eigenvalue weighted by Gasteiger charge is 2.17. The van der Waals surface area contributed by atoms with Gasteiger partial charge in [-0.15, -0.1) is 0 Å². The highest BCUT2D eigenvalue weighted by molar-refractivity contribution is 6.35. The lowest BCUT2D eigenvalue weighted by atomic mass is 9.87. The Morgan fingerprint density at radius 1 is 1.04 bits per heavy atom. The van der Waals surface area contributed by atoms with Crippen LogP contribution in [0.25, 0.3) is 0 Å². The lowest BCUT2D eigenvalue weighted by molar-refractivity contribution is -0.118. The fourth-order valence-corrected chi connectivity index (χ4v) is 2.75. The van der Waals surface area contributed by atoms with E-state index in [9.17, 15) is 4.79 Å². The lowest BCUT2D eigenvalue weighted by Gasteiger charge is -2.21. The van der Waals surface area contributed by atoms with Crippen molar-refractivity contribution in [2.24, 2.45) is 0 Å². The van der Waals surface area contributed by atoms with Crippen LogP contribution in [0.3, 0.4) is 0 Å².